The Balaban J connectivity index is 1.43. The fourth-order valence-corrected chi connectivity index (χ4v) is 3.35. The van der Waals surface area contributed by atoms with Crippen molar-refractivity contribution in [2.24, 2.45) is 0 Å². The Bertz CT molecular complexity index is 1130. The highest BCUT2D eigenvalue weighted by Gasteiger charge is 2.30. The van der Waals surface area contributed by atoms with Gasteiger partial charge in [-0.25, -0.2) is 4.98 Å². The molecule has 0 radical (unpaired) electrons. The SMILES string of the molecule is Cc1cc(Nc2ccc(NC(=O)c3cccc(C(F)(F)F)c3)cc2)nc(N2CCOCC2)n1. The lowest BCUT2D eigenvalue weighted by atomic mass is 10.1. The van der Waals surface area contributed by atoms with Crippen LogP contribution in [0.5, 0.6) is 0 Å². The zero-order valence-corrected chi connectivity index (χ0v) is 17.8. The molecule has 4 rings (SSSR count). The number of hydrogen-bond acceptors (Lipinski definition) is 6. The Morgan fingerprint density at radius 1 is 1.00 bits per heavy atom. The lowest BCUT2D eigenvalue weighted by Gasteiger charge is -2.27. The fourth-order valence-electron chi connectivity index (χ4n) is 3.35. The number of benzene rings is 2. The molecule has 0 aliphatic carbocycles. The Morgan fingerprint density at radius 3 is 2.39 bits per heavy atom. The van der Waals surface area contributed by atoms with Gasteiger partial charge in [0.05, 0.1) is 18.8 Å². The van der Waals surface area contributed by atoms with Crippen LogP contribution < -0.4 is 15.5 Å². The monoisotopic (exact) mass is 457 g/mol. The lowest BCUT2D eigenvalue weighted by molar-refractivity contribution is -0.137. The fraction of sp³-hybridized carbons (Fsp3) is 0.261. The van der Waals surface area contributed by atoms with Crippen LogP contribution in [0, 0.1) is 6.92 Å². The van der Waals surface area contributed by atoms with Crippen LogP contribution in [-0.2, 0) is 10.9 Å². The minimum atomic E-state index is -4.51. The molecule has 172 valence electrons. The van der Waals surface area contributed by atoms with Gasteiger partial charge in [-0.05, 0) is 49.4 Å². The van der Waals surface area contributed by atoms with Crippen molar-refractivity contribution in [3.05, 3.63) is 71.4 Å². The smallest absolute Gasteiger partial charge is 0.378 e. The third kappa shape index (κ3) is 5.78. The van der Waals surface area contributed by atoms with Gasteiger partial charge < -0.3 is 20.3 Å². The van der Waals surface area contributed by atoms with Crippen LogP contribution in [0.4, 0.5) is 36.3 Å². The van der Waals surface area contributed by atoms with Gasteiger partial charge in [0, 0.05) is 41.8 Å². The summed E-state index contributed by atoms with van der Waals surface area (Å²) in [6.45, 7) is 4.61. The van der Waals surface area contributed by atoms with Gasteiger partial charge in [-0.1, -0.05) is 6.07 Å². The van der Waals surface area contributed by atoms with Crippen LogP contribution in [0.1, 0.15) is 21.6 Å². The van der Waals surface area contributed by atoms with E-state index in [4.69, 9.17) is 4.74 Å². The number of aryl methyl sites for hydroxylation is 1. The second-order valence-electron chi connectivity index (χ2n) is 7.53. The molecule has 10 heteroatoms. The van der Waals surface area contributed by atoms with Crippen molar-refractivity contribution >= 4 is 29.0 Å². The van der Waals surface area contributed by atoms with E-state index in [2.05, 4.69) is 25.5 Å². The van der Waals surface area contributed by atoms with E-state index in [1.807, 2.05) is 13.0 Å². The van der Waals surface area contributed by atoms with E-state index in [9.17, 15) is 18.0 Å². The van der Waals surface area contributed by atoms with Gasteiger partial charge in [0.2, 0.25) is 5.95 Å². The van der Waals surface area contributed by atoms with Crippen LogP contribution in [0.25, 0.3) is 0 Å². The summed E-state index contributed by atoms with van der Waals surface area (Å²) in [6, 6.07) is 12.9. The van der Waals surface area contributed by atoms with Crippen molar-refractivity contribution in [3.8, 4) is 0 Å². The van der Waals surface area contributed by atoms with E-state index in [0.717, 1.165) is 36.6 Å². The standard InChI is InChI=1S/C23H22F3N5O2/c1-15-13-20(30-22(27-15)31-9-11-33-12-10-31)28-18-5-7-19(8-6-18)29-21(32)16-3-2-4-17(14-16)23(24,25)26/h2-8,13-14H,9-12H2,1H3,(H,29,32)(H,27,28,30). The Hall–Kier alpha value is -3.66. The maximum atomic E-state index is 12.9. The first kappa shape index (κ1) is 22.5. The zero-order valence-electron chi connectivity index (χ0n) is 17.8. The molecule has 2 heterocycles. The number of anilines is 4. The van der Waals surface area contributed by atoms with Crippen molar-refractivity contribution < 1.29 is 22.7 Å². The summed E-state index contributed by atoms with van der Waals surface area (Å²) in [5.41, 5.74) is 1.07. The van der Waals surface area contributed by atoms with Crippen LogP contribution in [0.2, 0.25) is 0 Å². The molecule has 1 aliphatic rings. The number of carbonyl (C=O) groups excluding carboxylic acids is 1. The van der Waals surface area contributed by atoms with Gasteiger partial charge in [-0.3, -0.25) is 4.79 Å². The molecule has 2 aromatic carbocycles. The number of carbonyl (C=O) groups is 1. The molecule has 0 spiro atoms. The molecule has 33 heavy (non-hydrogen) atoms. The summed E-state index contributed by atoms with van der Waals surface area (Å²) in [6.07, 6.45) is -4.51. The van der Waals surface area contributed by atoms with Crippen molar-refractivity contribution in [2.75, 3.05) is 41.8 Å². The van der Waals surface area contributed by atoms with E-state index in [-0.39, 0.29) is 5.56 Å². The van der Waals surface area contributed by atoms with Gasteiger partial charge in [0.1, 0.15) is 5.82 Å². The molecule has 1 saturated heterocycles. The predicted molar refractivity (Wildman–Crippen MR) is 119 cm³/mol. The molecule has 1 amide bonds. The highest BCUT2D eigenvalue weighted by molar-refractivity contribution is 6.04. The summed E-state index contributed by atoms with van der Waals surface area (Å²) in [7, 11) is 0. The van der Waals surface area contributed by atoms with Gasteiger partial charge in [-0.15, -0.1) is 0 Å². The molecule has 0 unspecified atom stereocenters. The summed E-state index contributed by atoms with van der Waals surface area (Å²) in [5.74, 6) is 0.638. The Kier molecular flexibility index (Phi) is 6.45. The lowest BCUT2D eigenvalue weighted by Crippen LogP contribution is -2.37. The highest BCUT2D eigenvalue weighted by Crippen LogP contribution is 2.29. The molecule has 3 aromatic rings. The molecular formula is C23H22F3N5O2. The third-order valence-corrected chi connectivity index (χ3v) is 5.00. The van der Waals surface area contributed by atoms with Crippen LogP contribution in [0.3, 0.4) is 0 Å². The number of nitrogens with one attached hydrogen (secondary N) is 2. The van der Waals surface area contributed by atoms with Gasteiger partial charge in [0.25, 0.3) is 5.91 Å². The van der Waals surface area contributed by atoms with Crippen molar-refractivity contribution in [2.45, 2.75) is 13.1 Å². The number of alkyl halides is 3. The maximum Gasteiger partial charge on any atom is 0.416 e. The van der Waals surface area contributed by atoms with Crippen LogP contribution >= 0.6 is 0 Å². The van der Waals surface area contributed by atoms with Gasteiger partial charge in [-0.2, -0.15) is 18.2 Å². The molecule has 0 atom stereocenters. The second-order valence-corrected chi connectivity index (χ2v) is 7.53. The van der Waals surface area contributed by atoms with E-state index >= 15 is 0 Å². The predicted octanol–water partition coefficient (Wildman–Crippen LogP) is 4.64. The Labute approximate surface area is 188 Å². The first-order valence-electron chi connectivity index (χ1n) is 10.3. The molecule has 2 N–H and O–H groups in total. The van der Waals surface area contributed by atoms with Crippen molar-refractivity contribution in [1.29, 1.82) is 0 Å². The van der Waals surface area contributed by atoms with E-state index in [1.54, 1.807) is 24.3 Å². The minimum absolute atomic E-state index is 0.0703. The topological polar surface area (TPSA) is 79.4 Å². The van der Waals surface area contributed by atoms with E-state index < -0.39 is 17.6 Å². The molecule has 1 fully saturated rings. The third-order valence-electron chi connectivity index (χ3n) is 5.00. The van der Waals surface area contributed by atoms with Crippen LogP contribution in [-0.4, -0.2) is 42.2 Å². The number of aromatic nitrogens is 2. The average molecular weight is 457 g/mol. The molecular weight excluding hydrogens is 435 g/mol. The summed E-state index contributed by atoms with van der Waals surface area (Å²) in [5, 5.41) is 5.82. The normalized spacial score (nSPS) is 14.1. The summed E-state index contributed by atoms with van der Waals surface area (Å²) < 4.78 is 44.0. The molecule has 1 aliphatic heterocycles. The van der Waals surface area contributed by atoms with Gasteiger partial charge in [0.15, 0.2) is 0 Å². The number of nitrogens with zero attached hydrogens (tertiary/aromatic N) is 3. The quantitative estimate of drug-likeness (QED) is 0.581. The largest absolute Gasteiger partial charge is 0.416 e. The summed E-state index contributed by atoms with van der Waals surface area (Å²) in [4.78, 5) is 23.5. The number of halogens is 3. The first-order chi connectivity index (χ1) is 15.8. The molecule has 0 saturated carbocycles. The number of morpholine rings is 1. The number of amides is 1. The minimum Gasteiger partial charge on any atom is -0.378 e. The van der Waals surface area contributed by atoms with Crippen LogP contribution in [0.15, 0.2) is 54.6 Å². The molecule has 1 aromatic heterocycles. The zero-order chi connectivity index (χ0) is 23.4. The highest BCUT2D eigenvalue weighted by atomic mass is 19.4. The average Bonchev–Trinajstić information content (AvgIpc) is 2.80. The number of rotatable bonds is 5. The van der Waals surface area contributed by atoms with Gasteiger partial charge >= 0.3 is 6.18 Å². The first-order valence-corrected chi connectivity index (χ1v) is 10.3. The maximum absolute atomic E-state index is 12.9. The van der Waals surface area contributed by atoms with Crippen molar-refractivity contribution in [3.63, 3.8) is 0 Å². The molecule has 7 nitrogen and oxygen atoms in total. The number of ether oxygens (including phenoxy) is 1. The number of hydrogen-bond donors (Lipinski definition) is 2. The van der Waals surface area contributed by atoms with Crippen molar-refractivity contribution in [1.82, 2.24) is 9.97 Å². The Morgan fingerprint density at radius 2 is 1.70 bits per heavy atom. The van der Waals surface area contributed by atoms with E-state index in [0.29, 0.717) is 30.7 Å². The molecule has 0 bridgehead atoms. The summed E-state index contributed by atoms with van der Waals surface area (Å²) >= 11 is 0. The second kappa shape index (κ2) is 9.45. The van der Waals surface area contributed by atoms with E-state index in [1.165, 1.54) is 12.1 Å².